The minimum absolute atomic E-state index is 0.0365. The summed E-state index contributed by atoms with van der Waals surface area (Å²) in [7, 11) is 1.15. The van der Waals surface area contributed by atoms with Crippen LogP contribution < -0.4 is 4.89 Å². The van der Waals surface area contributed by atoms with E-state index in [0.29, 0.717) is 17.4 Å². The number of hydrogen-bond acceptors (Lipinski definition) is 8. The number of carbonyl (C=O) groups is 2. The highest BCUT2D eigenvalue weighted by Gasteiger charge is 2.21. The highest BCUT2D eigenvalue weighted by atomic mass is 31.2. The fourth-order valence-corrected chi connectivity index (χ4v) is 7.66. The Bertz CT molecular complexity index is 1270. The standard InChI is InChI=1S/C54H98NO8P/c1-6-8-10-12-14-16-18-20-22-24-26-27-29-30-32-34-36-38-40-42-44-46-53(56)60-50-52(51-62-64(58,59)61-49-48-55(3,4)5)63-54(57)47-45-43-41-39-37-35-33-31-28-25-23-21-19-17-15-13-11-9-7-2/h15,17-18,20-21,23-24,26,28,31,52H,6-14,16,19,22,25,27,29-30,32-51H2,1-5H3/b17-15-,20-18-,23-21-,26-24-,31-28-. The fourth-order valence-electron chi connectivity index (χ4n) is 6.93. The molecule has 0 aromatic carbocycles. The van der Waals surface area contributed by atoms with E-state index in [1.165, 1.54) is 96.3 Å². The predicted octanol–water partition coefficient (Wildman–Crippen LogP) is 15.0. The average Bonchev–Trinajstić information content (AvgIpc) is 3.25. The van der Waals surface area contributed by atoms with Crippen LogP contribution in [0.2, 0.25) is 0 Å². The van der Waals surface area contributed by atoms with Crippen molar-refractivity contribution in [3.63, 3.8) is 0 Å². The van der Waals surface area contributed by atoms with Crippen LogP contribution in [0.1, 0.15) is 219 Å². The molecular formula is C54H98NO8P. The van der Waals surface area contributed by atoms with E-state index in [1.54, 1.807) is 0 Å². The zero-order chi connectivity index (χ0) is 47.1. The Labute approximate surface area is 394 Å². The molecule has 0 aliphatic carbocycles. The van der Waals surface area contributed by atoms with Crippen LogP contribution in [0.15, 0.2) is 60.8 Å². The molecule has 0 aliphatic rings. The number of nitrogens with zero attached hydrogens (tertiary/aromatic N) is 1. The van der Waals surface area contributed by atoms with Crippen molar-refractivity contribution < 1.29 is 42.1 Å². The Morgan fingerprint density at radius 2 is 0.844 bits per heavy atom. The second kappa shape index (κ2) is 45.8. The van der Waals surface area contributed by atoms with Crippen LogP contribution in [0.4, 0.5) is 0 Å². The molecule has 0 fully saturated rings. The lowest BCUT2D eigenvalue weighted by atomic mass is 10.1. The minimum atomic E-state index is -4.64. The van der Waals surface area contributed by atoms with E-state index < -0.39 is 32.5 Å². The van der Waals surface area contributed by atoms with Crippen LogP contribution in [0, 0.1) is 0 Å². The van der Waals surface area contributed by atoms with Gasteiger partial charge in [0.2, 0.25) is 0 Å². The summed E-state index contributed by atoms with van der Waals surface area (Å²) in [4.78, 5) is 37.7. The lowest BCUT2D eigenvalue weighted by Crippen LogP contribution is -2.37. The third-order valence-corrected chi connectivity index (χ3v) is 12.0. The van der Waals surface area contributed by atoms with E-state index in [1.807, 2.05) is 21.1 Å². The molecule has 0 saturated heterocycles. The third kappa shape index (κ3) is 49.2. The summed E-state index contributed by atoms with van der Waals surface area (Å²) in [5, 5.41) is 0. The molecular weight excluding hydrogens is 822 g/mol. The Morgan fingerprint density at radius 3 is 1.28 bits per heavy atom. The van der Waals surface area contributed by atoms with E-state index in [9.17, 15) is 19.0 Å². The number of allylic oxidation sites excluding steroid dienone is 10. The van der Waals surface area contributed by atoms with Crippen molar-refractivity contribution in [2.24, 2.45) is 0 Å². The number of quaternary nitrogens is 1. The molecule has 64 heavy (non-hydrogen) atoms. The third-order valence-electron chi connectivity index (χ3n) is 11.0. The molecule has 0 N–H and O–H groups in total. The zero-order valence-corrected chi connectivity index (χ0v) is 42.9. The Morgan fingerprint density at radius 1 is 0.484 bits per heavy atom. The van der Waals surface area contributed by atoms with Gasteiger partial charge in [0.1, 0.15) is 19.8 Å². The van der Waals surface area contributed by atoms with Crippen molar-refractivity contribution in [2.75, 3.05) is 47.5 Å². The fraction of sp³-hybridized carbons (Fsp3) is 0.778. The van der Waals surface area contributed by atoms with Gasteiger partial charge in [-0.05, 0) is 83.5 Å². The molecule has 0 rings (SSSR count). The van der Waals surface area contributed by atoms with Gasteiger partial charge in [-0.1, -0.05) is 184 Å². The normalized spacial score (nSPS) is 13.9. The van der Waals surface area contributed by atoms with Crippen molar-refractivity contribution in [2.45, 2.75) is 225 Å². The van der Waals surface area contributed by atoms with Crippen molar-refractivity contribution in [1.29, 1.82) is 0 Å². The number of esters is 2. The molecule has 0 heterocycles. The average molecular weight is 920 g/mol. The predicted molar refractivity (Wildman–Crippen MR) is 268 cm³/mol. The maximum absolute atomic E-state index is 12.7. The van der Waals surface area contributed by atoms with Crippen LogP contribution in [0.25, 0.3) is 0 Å². The number of carbonyl (C=O) groups excluding carboxylic acids is 2. The molecule has 2 unspecified atom stereocenters. The van der Waals surface area contributed by atoms with Crippen LogP contribution in [0.3, 0.4) is 0 Å². The lowest BCUT2D eigenvalue weighted by Gasteiger charge is -2.28. The van der Waals surface area contributed by atoms with E-state index in [0.717, 1.165) is 89.9 Å². The minimum Gasteiger partial charge on any atom is -0.756 e. The second-order valence-corrected chi connectivity index (χ2v) is 19.9. The Kier molecular flexibility index (Phi) is 44.2. The van der Waals surface area contributed by atoms with Gasteiger partial charge in [-0.15, -0.1) is 0 Å². The summed E-state index contributed by atoms with van der Waals surface area (Å²) >= 11 is 0. The topological polar surface area (TPSA) is 111 Å². The Hall–Kier alpha value is -2.29. The summed E-state index contributed by atoms with van der Waals surface area (Å²) < 4.78 is 34.0. The van der Waals surface area contributed by atoms with E-state index >= 15 is 0 Å². The van der Waals surface area contributed by atoms with Gasteiger partial charge in [0.15, 0.2) is 6.10 Å². The first-order valence-electron chi connectivity index (χ1n) is 26.0. The number of likely N-dealkylation sites (N-methyl/N-ethyl adjacent to an activating group) is 1. The first kappa shape index (κ1) is 61.7. The number of hydrogen-bond donors (Lipinski definition) is 0. The molecule has 0 radical (unpaired) electrons. The quantitative estimate of drug-likeness (QED) is 0.0195. The maximum Gasteiger partial charge on any atom is 0.306 e. The van der Waals surface area contributed by atoms with Crippen LogP contribution in [0.5, 0.6) is 0 Å². The smallest absolute Gasteiger partial charge is 0.306 e. The van der Waals surface area contributed by atoms with E-state index in [2.05, 4.69) is 74.6 Å². The molecule has 0 bridgehead atoms. The second-order valence-electron chi connectivity index (χ2n) is 18.5. The highest BCUT2D eigenvalue weighted by molar-refractivity contribution is 7.45. The molecule has 0 aliphatic heterocycles. The first-order valence-corrected chi connectivity index (χ1v) is 27.5. The van der Waals surface area contributed by atoms with Crippen LogP contribution in [-0.2, 0) is 32.7 Å². The van der Waals surface area contributed by atoms with Gasteiger partial charge in [-0.3, -0.25) is 14.2 Å². The number of phosphoric ester groups is 1. The van der Waals surface area contributed by atoms with Crippen LogP contribution in [-0.4, -0.2) is 70.0 Å². The van der Waals surface area contributed by atoms with Gasteiger partial charge in [0.05, 0.1) is 27.7 Å². The molecule has 10 heteroatoms. The van der Waals surface area contributed by atoms with Gasteiger partial charge in [-0.2, -0.15) is 0 Å². The van der Waals surface area contributed by atoms with Gasteiger partial charge in [-0.25, -0.2) is 0 Å². The number of unbranched alkanes of at least 4 members (excludes halogenated alkanes) is 23. The molecule has 0 spiro atoms. The van der Waals surface area contributed by atoms with Gasteiger partial charge in [0, 0.05) is 12.8 Å². The summed E-state index contributed by atoms with van der Waals surface area (Å²) in [5.74, 6) is -0.852. The maximum atomic E-state index is 12.7. The van der Waals surface area contributed by atoms with Crippen molar-refractivity contribution in [3.05, 3.63) is 60.8 Å². The number of phosphoric acid groups is 1. The van der Waals surface area contributed by atoms with Gasteiger partial charge >= 0.3 is 11.9 Å². The SMILES string of the molecule is CCCCC/C=C\C/C=C\C/C=C\CCCCCCCCC(=O)OC(COC(=O)CCCCCCCCCCC/C=C\C/C=C\CCCCCCC)COP(=O)([O-])OCC[N+](C)(C)C. The van der Waals surface area contributed by atoms with Crippen molar-refractivity contribution in [1.82, 2.24) is 0 Å². The van der Waals surface area contributed by atoms with Crippen molar-refractivity contribution in [3.8, 4) is 0 Å². The molecule has 0 amide bonds. The molecule has 0 aromatic rings. The number of rotatable bonds is 47. The molecule has 9 nitrogen and oxygen atoms in total. The zero-order valence-electron chi connectivity index (χ0n) is 42.0. The summed E-state index contributed by atoms with van der Waals surface area (Å²) in [6.45, 7) is 4.18. The van der Waals surface area contributed by atoms with Gasteiger partial charge < -0.3 is 27.9 Å². The molecule has 0 aromatic heterocycles. The molecule has 372 valence electrons. The molecule has 0 saturated carbocycles. The summed E-state index contributed by atoms with van der Waals surface area (Å²) in [6, 6.07) is 0. The van der Waals surface area contributed by atoms with Crippen molar-refractivity contribution >= 4 is 19.8 Å². The largest absolute Gasteiger partial charge is 0.756 e. The van der Waals surface area contributed by atoms with Crippen LogP contribution >= 0.6 is 7.82 Å². The van der Waals surface area contributed by atoms with Gasteiger partial charge in [0.25, 0.3) is 7.82 Å². The molecule has 2 atom stereocenters. The number of ether oxygens (including phenoxy) is 2. The lowest BCUT2D eigenvalue weighted by molar-refractivity contribution is -0.870. The van der Waals surface area contributed by atoms with E-state index in [-0.39, 0.29) is 26.1 Å². The monoisotopic (exact) mass is 920 g/mol. The van der Waals surface area contributed by atoms with E-state index in [4.69, 9.17) is 18.5 Å². The first-order chi connectivity index (χ1) is 31.0. The highest BCUT2D eigenvalue weighted by Crippen LogP contribution is 2.38. The summed E-state index contributed by atoms with van der Waals surface area (Å²) in [5.41, 5.74) is 0. The Balaban J connectivity index is 4.28. The summed E-state index contributed by atoms with van der Waals surface area (Å²) in [6.07, 6.45) is 56.7.